The Bertz CT molecular complexity index is 922. The molecule has 0 aliphatic rings. The lowest BCUT2D eigenvalue weighted by Gasteiger charge is -2.06. The maximum absolute atomic E-state index is 11.7. The molecule has 22 heavy (non-hydrogen) atoms. The SMILES string of the molecule is CS(=O)Cc1cc(Nc2nn3c(=O)ccnc3s2)ccc1Cl. The van der Waals surface area contributed by atoms with Crippen LogP contribution in [0.1, 0.15) is 5.56 Å². The van der Waals surface area contributed by atoms with Gasteiger partial charge in [0.1, 0.15) is 0 Å². The number of benzene rings is 1. The second-order valence-corrected chi connectivity index (χ2v) is 7.33. The van der Waals surface area contributed by atoms with Gasteiger partial charge in [0.2, 0.25) is 10.1 Å². The maximum Gasteiger partial charge on any atom is 0.275 e. The smallest absolute Gasteiger partial charge is 0.275 e. The number of anilines is 2. The highest BCUT2D eigenvalue weighted by Crippen LogP contribution is 2.26. The first-order chi connectivity index (χ1) is 10.5. The zero-order valence-electron chi connectivity index (χ0n) is 11.4. The summed E-state index contributed by atoms with van der Waals surface area (Å²) in [6.07, 6.45) is 3.08. The molecule has 9 heteroatoms. The van der Waals surface area contributed by atoms with Crippen molar-refractivity contribution in [3.8, 4) is 0 Å². The highest BCUT2D eigenvalue weighted by Gasteiger charge is 2.08. The van der Waals surface area contributed by atoms with Gasteiger partial charge in [-0.15, -0.1) is 5.10 Å². The molecule has 1 aromatic carbocycles. The number of fused-ring (bicyclic) bond motifs is 1. The largest absolute Gasteiger partial charge is 0.330 e. The van der Waals surface area contributed by atoms with Gasteiger partial charge in [0.15, 0.2) is 0 Å². The van der Waals surface area contributed by atoms with Crippen LogP contribution in [0.2, 0.25) is 5.02 Å². The Morgan fingerprint density at radius 2 is 2.23 bits per heavy atom. The van der Waals surface area contributed by atoms with E-state index in [2.05, 4.69) is 15.4 Å². The van der Waals surface area contributed by atoms with Crippen molar-refractivity contribution in [3.05, 3.63) is 51.4 Å². The summed E-state index contributed by atoms with van der Waals surface area (Å²) in [5.41, 5.74) is 1.33. The molecule has 0 fully saturated rings. The molecule has 6 nitrogen and oxygen atoms in total. The number of halogens is 1. The fourth-order valence-electron chi connectivity index (χ4n) is 1.90. The van der Waals surface area contributed by atoms with Crippen molar-refractivity contribution in [2.24, 2.45) is 0 Å². The molecular weight excluding hydrogens is 344 g/mol. The Balaban J connectivity index is 1.93. The Labute approximate surface area is 137 Å². The first kappa shape index (κ1) is 15.1. The van der Waals surface area contributed by atoms with E-state index in [0.717, 1.165) is 11.3 Å². The molecule has 0 amide bonds. The summed E-state index contributed by atoms with van der Waals surface area (Å²) >= 11 is 7.36. The van der Waals surface area contributed by atoms with Crippen LogP contribution < -0.4 is 10.9 Å². The molecule has 0 aliphatic heterocycles. The molecule has 0 saturated heterocycles. The molecular formula is C13H11ClN4O2S2. The van der Waals surface area contributed by atoms with Crippen molar-refractivity contribution < 1.29 is 4.21 Å². The third-order valence-electron chi connectivity index (χ3n) is 2.83. The van der Waals surface area contributed by atoms with Gasteiger partial charge in [0, 0.05) is 45.8 Å². The van der Waals surface area contributed by atoms with Crippen molar-refractivity contribution in [1.29, 1.82) is 0 Å². The predicted molar refractivity (Wildman–Crippen MR) is 89.6 cm³/mol. The lowest BCUT2D eigenvalue weighted by molar-refractivity contribution is 0.686. The quantitative estimate of drug-likeness (QED) is 0.778. The highest BCUT2D eigenvalue weighted by molar-refractivity contribution is 7.83. The van der Waals surface area contributed by atoms with E-state index in [9.17, 15) is 9.00 Å². The van der Waals surface area contributed by atoms with E-state index in [4.69, 9.17) is 11.6 Å². The van der Waals surface area contributed by atoms with Crippen molar-refractivity contribution in [1.82, 2.24) is 14.6 Å². The molecule has 2 heterocycles. The first-order valence-corrected chi connectivity index (χ1v) is 9.15. The molecule has 0 radical (unpaired) electrons. The van der Waals surface area contributed by atoms with Crippen LogP contribution in [-0.4, -0.2) is 25.1 Å². The fraction of sp³-hybridized carbons (Fsp3) is 0.154. The van der Waals surface area contributed by atoms with E-state index in [0.29, 0.717) is 20.9 Å². The van der Waals surface area contributed by atoms with Gasteiger partial charge < -0.3 is 5.32 Å². The second-order valence-electron chi connectivity index (χ2n) is 4.53. The van der Waals surface area contributed by atoms with Gasteiger partial charge in [-0.2, -0.15) is 4.52 Å². The Morgan fingerprint density at radius 1 is 1.41 bits per heavy atom. The van der Waals surface area contributed by atoms with E-state index >= 15 is 0 Å². The standard InChI is InChI=1S/C13H11ClN4O2S2/c1-22(20)7-8-6-9(2-3-10(8)14)16-12-17-18-11(19)4-5-15-13(18)21-12/h2-6H,7H2,1H3,(H,16,17). The predicted octanol–water partition coefficient (Wildman–Crippen LogP) is 2.43. The van der Waals surface area contributed by atoms with Gasteiger partial charge >= 0.3 is 0 Å². The van der Waals surface area contributed by atoms with E-state index in [1.54, 1.807) is 18.4 Å². The van der Waals surface area contributed by atoms with E-state index < -0.39 is 10.8 Å². The number of rotatable bonds is 4. The number of hydrogen-bond acceptors (Lipinski definition) is 6. The minimum atomic E-state index is -0.978. The highest BCUT2D eigenvalue weighted by atomic mass is 35.5. The first-order valence-electron chi connectivity index (χ1n) is 6.23. The van der Waals surface area contributed by atoms with Crippen LogP contribution in [0.25, 0.3) is 4.96 Å². The van der Waals surface area contributed by atoms with Crippen LogP contribution in [0.4, 0.5) is 10.8 Å². The summed E-state index contributed by atoms with van der Waals surface area (Å²) < 4.78 is 12.6. The van der Waals surface area contributed by atoms with Crippen molar-refractivity contribution in [3.63, 3.8) is 0 Å². The van der Waals surface area contributed by atoms with Gasteiger partial charge in [-0.3, -0.25) is 9.00 Å². The van der Waals surface area contributed by atoms with Crippen LogP contribution in [0.5, 0.6) is 0 Å². The summed E-state index contributed by atoms with van der Waals surface area (Å²) in [6, 6.07) is 6.72. The zero-order chi connectivity index (χ0) is 15.7. The van der Waals surface area contributed by atoms with Crippen molar-refractivity contribution in [2.75, 3.05) is 11.6 Å². The molecule has 2 aromatic heterocycles. The van der Waals surface area contributed by atoms with E-state index in [1.807, 2.05) is 6.07 Å². The monoisotopic (exact) mass is 354 g/mol. The summed E-state index contributed by atoms with van der Waals surface area (Å²) in [4.78, 5) is 16.3. The second kappa shape index (κ2) is 6.15. The van der Waals surface area contributed by atoms with Crippen LogP contribution in [0.3, 0.4) is 0 Å². The Morgan fingerprint density at radius 3 is 2.95 bits per heavy atom. The normalized spacial score (nSPS) is 12.5. The molecule has 1 N–H and O–H groups in total. The lowest BCUT2D eigenvalue weighted by atomic mass is 10.2. The minimum absolute atomic E-state index is 0.229. The van der Waals surface area contributed by atoms with Gasteiger partial charge in [0.05, 0.1) is 0 Å². The molecule has 0 aliphatic carbocycles. The van der Waals surface area contributed by atoms with Crippen LogP contribution in [0.15, 0.2) is 35.3 Å². The zero-order valence-corrected chi connectivity index (χ0v) is 13.8. The number of aromatic nitrogens is 3. The number of hydrogen-bond donors (Lipinski definition) is 1. The van der Waals surface area contributed by atoms with Crippen LogP contribution in [-0.2, 0) is 16.6 Å². The van der Waals surface area contributed by atoms with Gasteiger partial charge in [-0.05, 0) is 23.8 Å². The summed E-state index contributed by atoms with van der Waals surface area (Å²) in [7, 11) is -0.978. The lowest BCUT2D eigenvalue weighted by Crippen LogP contribution is -2.12. The van der Waals surface area contributed by atoms with Gasteiger partial charge in [-0.1, -0.05) is 22.9 Å². The van der Waals surface area contributed by atoms with Crippen molar-refractivity contribution >= 4 is 49.5 Å². The summed E-state index contributed by atoms with van der Waals surface area (Å²) in [5, 5.41) is 8.40. The fourth-order valence-corrected chi connectivity index (χ4v) is 3.64. The van der Waals surface area contributed by atoms with Crippen molar-refractivity contribution in [2.45, 2.75) is 5.75 Å². The van der Waals surface area contributed by atoms with Crippen LogP contribution >= 0.6 is 22.9 Å². The molecule has 1 atom stereocenters. The Kier molecular flexibility index (Phi) is 4.23. The van der Waals surface area contributed by atoms with Crippen LogP contribution in [0, 0.1) is 0 Å². The molecule has 0 bridgehead atoms. The third-order valence-corrected chi connectivity index (χ3v) is 4.75. The molecule has 3 aromatic rings. The molecule has 0 saturated carbocycles. The average molecular weight is 355 g/mol. The molecule has 1 unspecified atom stereocenters. The summed E-state index contributed by atoms with van der Waals surface area (Å²) in [5.74, 6) is 0.384. The summed E-state index contributed by atoms with van der Waals surface area (Å²) in [6.45, 7) is 0. The molecule has 0 spiro atoms. The van der Waals surface area contributed by atoms with Gasteiger partial charge in [0.25, 0.3) is 5.56 Å². The number of nitrogens with one attached hydrogen (secondary N) is 1. The average Bonchev–Trinajstić information content (AvgIpc) is 2.86. The Hall–Kier alpha value is -1.77. The third kappa shape index (κ3) is 3.18. The maximum atomic E-state index is 11.7. The minimum Gasteiger partial charge on any atom is -0.330 e. The van der Waals surface area contributed by atoms with E-state index in [-0.39, 0.29) is 5.56 Å². The molecule has 114 valence electrons. The van der Waals surface area contributed by atoms with E-state index in [1.165, 1.54) is 28.1 Å². The molecule has 3 rings (SSSR count). The topological polar surface area (TPSA) is 76.4 Å². The number of nitrogens with zero attached hydrogens (tertiary/aromatic N) is 3. The van der Waals surface area contributed by atoms with Gasteiger partial charge in [-0.25, -0.2) is 4.98 Å².